The molecular weight excluding hydrogens is 312 g/mol. The van der Waals surface area contributed by atoms with Crippen LogP contribution in [-0.2, 0) is 19.1 Å². The van der Waals surface area contributed by atoms with Crippen molar-refractivity contribution < 1.29 is 29.3 Å². The second kappa shape index (κ2) is 6.69. The molecule has 6 nitrogen and oxygen atoms in total. The van der Waals surface area contributed by atoms with E-state index in [4.69, 9.17) is 9.47 Å². The van der Waals surface area contributed by atoms with Gasteiger partial charge in [0, 0.05) is 23.8 Å². The van der Waals surface area contributed by atoms with Crippen molar-refractivity contribution in [2.45, 2.75) is 51.9 Å². The topological polar surface area (TPSA) is 93.1 Å². The Kier molecular flexibility index (Phi) is 5.20. The van der Waals surface area contributed by atoms with Crippen LogP contribution in [0.2, 0.25) is 0 Å². The lowest BCUT2D eigenvalue weighted by Gasteiger charge is -2.54. The molecule has 0 heterocycles. The van der Waals surface area contributed by atoms with Gasteiger partial charge in [-0.05, 0) is 19.8 Å². The number of aliphatic hydroxyl groups excluding tert-OH is 2. The normalized spacial score (nSPS) is 38.6. The van der Waals surface area contributed by atoms with Gasteiger partial charge in [0.25, 0.3) is 0 Å². The fraction of sp³-hybridized carbons (Fsp3) is 0.667. The van der Waals surface area contributed by atoms with Gasteiger partial charge in [0.15, 0.2) is 0 Å². The molecule has 0 aromatic carbocycles. The number of esters is 2. The lowest BCUT2D eigenvalue weighted by Crippen LogP contribution is -2.59. The first kappa shape index (κ1) is 18.7. The van der Waals surface area contributed by atoms with Crippen LogP contribution in [0.1, 0.15) is 33.6 Å². The van der Waals surface area contributed by atoms with E-state index in [0.717, 1.165) is 5.57 Å². The summed E-state index contributed by atoms with van der Waals surface area (Å²) in [6, 6.07) is 0. The van der Waals surface area contributed by atoms with Crippen LogP contribution >= 0.6 is 0 Å². The zero-order valence-electron chi connectivity index (χ0n) is 14.6. The molecule has 0 radical (unpaired) electrons. The summed E-state index contributed by atoms with van der Waals surface area (Å²) in [5, 5.41) is 21.5. The van der Waals surface area contributed by atoms with E-state index in [1.807, 2.05) is 19.9 Å². The number of carbonyl (C=O) groups is 2. The number of rotatable bonds is 3. The van der Waals surface area contributed by atoms with Crippen molar-refractivity contribution in [3.8, 4) is 0 Å². The molecule has 134 valence electrons. The van der Waals surface area contributed by atoms with Crippen molar-refractivity contribution in [1.29, 1.82) is 0 Å². The summed E-state index contributed by atoms with van der Waals surface area (Å²) < 4.78 is 10.1. The lowest BCUT2D eigenvalue weighted by atomic mass is 9.54. The van der Waals surface area contributed by atoms with Crippen molar-refractivity contribution in [3.05, 3.63) is 23.8 Å². The Balaban J connectivity index is 2.47. The maximum Gasteiger partial charge on any atom is 0.333 e. The van der Waals surface area contributed by atoms with Crippen LogP contribution in [0.4, 0.5) is 0 Å². The third-order valence-corrected chi connectivity index (χ3v) is 5.54. The summed E-state index contributed by atoms with van der Waals surface area (Å²) >= 11 is 0. The van der Waals surface area contributed by atoms with E-state index in [0.29, 0.717) is 12.8 Å². The van der Waals surface area contributed by atoms with E-state index < -0.39 is 41.6 Å². The first-order valence-corrected chi connectivity index (χ1v) is 8.10. The minimum atomic E-state index is -1.01. The first-order chi connectivity index (χ1) is 11.1. The van der Waals surface area contributed by atoms with Crippen molar-refractivity contribution in [3.63, 3.8) is 0 Å². The Morgan fingerprint density at radius 1 is 1.38 bits per heavy atom. The van der Waals surface area contributed by atoms with Crippen LogP contribution in [-0.4, -0.2) is 47.6 Å². The highest BCUT2D eigenvalue weighted by Gasteiger charge is 2.57. The predicted molar refractivity (Wildman–Crippen MR) is 86.8 cm³/mol. The molecule has 1 fully saturated rings. The van der Waals surface area contributed by atoms with E-state index in [1.54, 1.807) is 0 Å². The molecular formula is C18H26O6. The van der Waals surface area contributed by atoms with Crippen LogP contribution in [0.3, 0.4) is 0 Å². The summed E-state index contributed by atoms with van der Waals surface area (Å²) in [6.07, 6.45) is 0.315. The summed E-state index contributed by atoms with van der Waals surface area (Å²) in [6.45, 7) is 8.82. The highest BCUT2D eigenvalue weighted by molar-refractivity contribution is 5.88. The Bertz CT molecular complexity index is 580. The molecule has 24 heavy (non-hydrogen) atoms. The van der Waals surface area contributed by atoms with Gasteiger partial charge < -0.3 is 19.7 Å². The highest BCUT2D eigenvalue weighted by Crippen LogP contribution is 2.54. The second-order valence-corrected chi connectivity index (χ2v) is 7.07. The second-order valence-electron chi connectivity index (χ2n) is 7.07. The van der Waals surface area contributed by atoms with Crippen LogP contribution in [0, 0.1) is 17.3 Å². The summed E-state index contributed by atoms with van der Waals surface area (Å²) in [4.78, 5) is 23.4. The Morgan fingerprint density at radius 3 is 2.54 bits per heavy atom. The molecule has 6 heteroatoms. The zero-order valence-corrected chi connectivity index (χ0v) is 14.6. The molecule has 2 aliphatic carbocycles. The number of carbonyl (C=O) groups excluding carboxylic acids is 2. The van der Waals surface area contributed by atoms with E-state index in [1.165, 1.54) is 14.0 Å². The van der Waals surface area contributed by atoms with Gasteiger partial charge in [0.2, 0.25) is 0 Å². The van der Waals surface area contributed by atoms with Crippen molar-refractivity contribution >= 4 is 11.9 Å². The molecule has 0 aromatic heterocycles. The monoisotopic (exact) mass is 338 g/mol. The zero-order chi connectivity index (χ0) is 18.2. The molecule has 0 bridgehead atoms. The molecule has 0 amide bonds. The fourth-order valence-corrected chi connectivity index (χ4v) is 4.36. The van der Waals surface area contributed by atoms with Gasteiger partial charge in [-0.2, -0.15) is 0 Å². The number of ether oxygens (including phenoxy) is 2. The van der Waals surface area contributed by atoms with E-state index >= 15 is 0 Å². The van der Waals surface area contributed by atoms with E-state index in [-0.39, 0.29) is 11.5 Å². The number of methoxy groups -OCH3 is 1. The van der Waals surface area contributed by atoms with Gasteiger partial charge >= 0.3 is 11.9 Å². The Hall–Kier alpha value is -1.66. The molecule has 0 aromatic rings. The molecule has 0 spiro atoms. The molecule has 0 saturated heterocycles. The molecule has 2 N–H and O–H groups in total. The van der Waals surface area contributed by atoms with Gasteiger partial charge in [-0.1, -0.05) is 25.2 Å². The summed E-state index contributed by atoms with van der Waals surface area (Å²) in [5.41, 5.74) is 0.385. The standard InChI is InChI=1S/C18H26O6/c1-9-6-7-13(20)18(4)8-12(24-11(3)19)14(16(21)15(9)18)10(2)17(22)23-5/h6,12-16,20-21H,2,7-8H2,1,3-5H3/t12-,13-,14+,15+,16-,18-/m0/s1. The average molecular weight is 338 g/mol. The maximum absolute atomic E-state index is 11.9. The molecule has 0 aliphatic heterocycles. The number of fused-ring (bicyclic) bond motifs is 1. The molecule has 2 rings (SSSR count). The van der Waals surface area contributed by atoms with Gasteiger partial charge in [0.05, 0.1) is 25.2 Å². The van der Waals surface area contributed by atoms with Crippen LogP contribution in [0.5, 0.6) is 0 Å². The molecule has 1 saturated carbocycles. The first-order valence-electron chi connectivity index (χ1n) is 8.10. The minimum absolute atomic E-state index is 0.0752. The molecule has 2 aliphatic rings. The predicted octanol–water partition coefficient (Wildman–Crippen LogP) is 1.36. The van der Waals surface area contributed by atoms with Crippen LogP contribution < -0.4 is 0 Å². The Morgan fingerprint density at radius 2 is 2.00 bits per heavy atom. The van der Waals surface area contributed by atoms with Gasteiger partial charge in [-0.25, -0.2) is 4.79 Å². The Labute approximate surface area is 142 Å². The number of hydrogen-bond donors (Lipinski definition) is 2. The maximum atomic E-state index is 11.9. The van der Waals surface area contributed by atoms with Crippen LogP contribution in [0.15, 0.2) is 23.8 Å². The smallest absolute Gasteiger partial charge is 0.333 e. The number of aliphatic hydroxyl groups is 2. The minimum Gasteiger partial charge on any atom is -0.466 e. The van der Waals surface area contributed by atoms with Crippen LogP contribution in [0.25, 0.3) is 0 Å². The fourth-order valence-electron chi connectivity index (χ4n) is 4.36. The number of hydrogen-bond acceptors (Lipinski definition) is 6. The van der Waals surface area contributed by atoms with E-state index in [9.17, 15) is 19.8 Å². The third kappa shape index (κ3) is 3.00. The lowest BCUT2D eigenvalue weighted by molar-refractivity contribution is -0.176. The molecule has 6 atom stereocenters. The largest absolute Gasteiger partial charge is 0.466 e. The van der Waals surface area contributed by atoms with Gasteiger partial charge in [-0.3, -0.25) is 4.79 Å². The SMILES string of the molecule is C=C(C(=O)OC)[C@H]1[C@H](O)[C@H]2C(C)=CC[C@H](O)[C@]2(C)C[C@@H]1OC(C)=O. The quantitative estimate of drug-likeness (QED) is 0.458. The molecule has 0 unspecified atom stereocenters. The third-order valence-electron chi connectivity index (χ3n) is 5.54. The van der Waals surface area contributed by atoms with Crippen molar-refractivity contribution in [2.24, 2.45) is 17.3 Å². The van der Waals surface area contributed by atoms with Crippen molar-refractivity contribution in [2.75, 3.05) is 7.11 Å². The summed E-state index contributed by atoms with van der Waals surface area (Å²) in [5.74, 6) is -2.26. The average Bonchev–Trinajstić information content (AvgIpc) is 2.49. The van der Waals surface area contributed by atoms with Gasteiger partial charge in [0.1, 0.15) is 6.10 Å². The highest BCUT2D eigenvalue weighted by atomic mass is 16.5. The van der Waals surface area contributed by atoms with Gasteiger partial charge in [-0.15, -0.1) is 0 Å². The summed E-state index contributed by atoms with van der Waals surface area (Å²) in [7, 11) is 1.24. The van der Waals surface area contributed by atoms with E-state index in [2.05, 4.69) is 6.58 Å². The van der Waals surface area contributed by atoms with Crippen molar-refractivity contribution in [1.82, 2.24) is 0 Å².